The standard InChI is InChI=1S/C32H41N3O6S/c1-21(2)33-32(37)25(6)34(19-26-11-9-10-22(3)15-26)31(36)20-35(27-16-23(4)14-24(5)17-27)42(38,39)28-12-13-29(40-7)30(18-28)41-8/h9-18,21,25H,19-20H2,1-8H3,(H,33,37)/t25-/m0/s1. The number of aryl methyl sites for hydroxylation is 3. The molecule has 1 N–H and O–H groups in total. The maximum Gasteiger partial charge on any atom is 0.264 e. The Bertz CT molecular complexity index is 1520. The average molecular weight is 596 g/mol. The van der Waals surface area contributed by atoms with Crippen molar-refractivity contribution >= 4 is 27.5 Å². The molecule has 0 saturated heterocycles. The van der Waals surface area contributed by atoms with Gasteiger partial charge in [-0.15, -0.1) is 0 Å². The number of amides is 2. The largest absolute Gasteiger partial charge is 0.493 e. The van der Waals surface area contributed by atoms with Crippen LogP contribution in [0.4, 0.5) is 5.69 Å². The fourth-order valence-corrected chi connectivity index (χ4v) is 6.14. The fourth-order valence-electron chi connectivity index (χ4n) is 4.72. The van der Waals surface area contributed by atoms with Crippen LogP contribution in [0.1, 0.15) is 43.0 Å². The summed E-state index contributed by atoms with van der Waals surface area (Å²) >= 11 is 0. The van der Waals surface area contributed by atoms with E-state index in [1.165, 1.54) is 37.3 Å². The van der Waals surface area contributed by atoms with E-state index in [0.29, 0.717) is 11.4 Å². The molecule has 3 aromatic carbocycles. The van der Waals surface area contributed by atoms with Gasteiger partial charge in [-0.25, -0.2) is 8.42 Å². The van der Waals surface area contributed by atoms with Crippen LogP contribution in [0.2, 0.25) is 0 Å². The number of carbonyl (C=O) groups excluding carboxylic acids is 2. The minimum absolute atomic E-state index is 0.0667. The fraction of sp³-hybridized carbons (Fsp3) is 0.375. The highest BCUT2D eigenvalue weighted by Crippen LogP contribution is 2.33. The zero-order valence-corrected chi connectivity index (χ0v) is 26.4. The number of benzene rings is 3. The molecular formula is C32H41N3O6S. The number of hydrogen-bond acceptors (Lipinski definition) is 6. The first kappa shape index (κ1) is 32.5. The number of anilines is 1. The number of nitrogens with zero attached hydrogens (tertiary/aromatic N) is 2. The number of methoxy groups -OCH3 is 2. The summed E-state index contributed by atoms with van der Waals surface area (Å²) in [7, 11) is -1.38. The van der Waals surface area contributed by atoms with E-state index in [9.17, 15) is 18.0 Å². The predicted octanol–water partition coefficient (Wildman–Crippen LogP) is 4.77. The van der Waals surface area contributed by atoms with Crippen LogP contribution in [0.5, 0.6) is 11.5 Å². The second-order valence-electron chi connectivity index (χ2n) is 10.7. The summed E-state index contributed by atoms with van der Waals surface area (Å²) in [6.45, 7) is 10.6. The van der Waals surface area contributed by atoms with Gasteiger partial charge in [-0.1, -0.05) is 35.9 Å². The predicted molar refractivity (Wildman–Crippen MR) is 164 cm³/mol. The number of ether oxygens (including phenoxy) is 2. The zero-order chi connectivity index (χ0) is 31.2. The second kappa shape index (κ2) is 13.7. The smallest absolute Gasteiger partial charge is 0.264 e. The summed E-state index contributed by atoms with van der Waals surface area (Å²) in [5, 5.41) is 2.86. The summed E-state index contributed by atoms with van der Waals surface area (Å²) in [5.41, 5.74) is 3.85. The molecule has 3 aromatic rings. The molecule has 42 heavy (non-hydrogen) atoms. The van der Waals surface area contributed by atoms with Crippen molar-refractivity contribution in [2.75, 3.05) is 25.1 Å². The van der Waals surface area contributed by atoms with E-state index in [-0.39, 0.29) is 29.1 Å². The lowest BCUT2D eigenvalue weighted by Crippen LogP contribution is -2.52. The Labute approximate surface area is 249 Å². The molecule has 0 heterocycles. The number of carbonyl (C=O) groups is 2. The Morgan fingerprint density at radius 1 is 0.833 bits per heavy atom. The van der Waals surface area contributed by atoms with E-state index in [2.05, 4.69) is 5.32 Å². The molecule has 0 spiro atoms. The van der Waals surface area contributed by atoms with Gasteiger partial charge in [-0.2, -0.15) is 0 Å². The SMILES string of the molecule is COc1ccc(S(=O)(=O)N(CC(=O)N(Cc2cccc(C)c2)[C@@H](C)C(=O)NC(C)C)c2cc(C)cc(C)c2)cc1OC. The lowest BCUT2D eigenvalue weighted by Gasteiger charge is -2.32. The van der Waals surface area contributed by atoms with Crippen molar-refractivity contribution in [2.45, 2.75) is 65.1 Å². The van der Waals surface area contributed by atoms with Gasteiger partial charge in [0, 0.05) is 18.7 Å². The molecule has 9 nitrogen and oxygen atoms in total. The molecule has 2 amide bonds. The monoisotopic (exact) mass is 595 g/mol. The van der Waals surface area contributed by atoms with Gasteiger partial charge in [-0.3, -0.25) is 13.9 Å². The van der Waals surface area contributed by atoms with E-state index >= 15 is 0 Å². The molecule has 226 valence electrons. The van der Waals surface area contributed by atoms with Crippen LogP contribution >= 0.6 is 0 Å². The molecule has 0 fully saturated rings. The molecular weight excluding hydrogens is 554 g/mol. The minimum atomic E-state index is -4.27. The molecule has 0 bridgehead atoms. The Hall–Kier alpha value is -4.05. The molecule has 0 saturated carbocycles. The number of sulfonamides is 1. The van der Waals surface area contributed by atoms with Crippen LogP contribution in [-0.4, -0.2) is 58.0 Å². The first-order valence-electron chi connectivity index (χ1n) is 13.7. The first-order valence-corrected chi connectivity index (χ1v) is 15.2. The van der Waals surface area contributed by atoms with Crippen LogP contribution in [0.3, 0.4) is 0 Å². The van der Waals surface area contributed by atoms with Crippen LogP contribution in [-0.2, 0) is 26.2 Å². The van der Waals surface area contributed by atoms with E-state index in [0.717, 1.165) is 26.6 Å². The highest BCUT2D eigenvalue weighted by molar-refractivity contribution is 7.92. The van der Waals surface area contributed by atoms with Crippen molar-refractivity contribution < 1.29 is 27.5 Å². The third-order valence-electron chi connectivity index (χ3n) is 6.75. The number of nitrogens with one attached hydrogen (secondary N) is 1. The van der Waals surface area contributed by atoms with Crippen molar-refractivity contribution in [2.24, 2.45) is 0 Å². The van der Waals surface area contributed by atoms with Gasteiger partial charge in [0.05, 0.1) is 24.8 Å². The molecule has 0 aliphatic heterocycles. The third kappa shape index (κ3) is 7.82. The minimum Gasteiger partial charge on any atom is -0.493 e. The molecule has 1 atom stereocenters. The van der Waals surface area contributed by atoms with Crippen molar-refractivity contribution in [3.8, 4) is 11.5 Å². The summed E-state index contributed by atoms with van der Waals surface area (Å²) in [4.78, 5) is 28.6. The van der Waals surface area contributed by atoms with Gasteiger partial charge in [0.1, 0.15) is 12.6 Å². The van der Waals surface area contributed by atoms with Gasteiger partial charge in [0.2, 0.25) is 11.8 Å². The first-order chi connectivity index (χ1) is 19.8. The van der Waals surface area contributed by atoms with Gasteiger partial charge in [0.15, 0.2) is 11.5 Å². The molecule has 10 heteroatoms. The molecule has 0 radical (unpaired) electrons. The van der Waals surface area contributed by atoms with E-state index in [1.807, 2.05) is 65.0 Å². The molecule has 3 rings (SSSR count). The van der Waals surface area contributed by atoms with Crippen molar-refractivity contribution in [1.29, 1.82) is 0 Å². The molecule has 0 unspecified atom stereocenters. The van der Waals surface area contributed by atoms with E-state index in [4.69, 9.17) is 9.47 Å². The van der Waals surface area contributed by atoms with Gasteiger partial charge in [-0.05, 0) is 82.5 Å². The lowest BCUT2D eigenvalue weighted by molar-refractivity contribution is -0.139. The van der Waals surface area contributed by atoms with Gasteiger partial charge in [0.25, 0.3) is 10.0 Å². The Kier molecular flexibility index (Phi) is 10.6. The van der Waals surface area contributed by atoms with Crippen LogP contribution in [0, 0.1) is 20.8 Å². The van der Waals surface area contributed by atoms with Gasteiger partial charge >= 0.3 is 0 Å². The molecule has 0 aliphatic carbocycles. The van der Waals surface area contributed by atoms with Gasteiger partial charge < -0.3 is 19.7 Å². The van der Waals surface area contributed by atoms with Crippen LogP contribution in [0.15, 0.2) is 65.6 Å². The topological polar surface area (TPSA) is 105 Å². The number of hydrogen-bond donors (Lipinski definition) is 1. The van der Waals surface area contributed by atoms with Crippen LogP contribution in [0.25, 0.3) is 0 Å². The summed E-state index contributed by atoms with van der Waals surface area (Å²) in [5.74, 6) is -0.233. The van der Waals surface area contributed by atoms with Crippen LogP contribution < -0.4 is 19.1 Å². The Morgan fingerprint density at radius 2 is 1.48 bits per heavy atom. The zero-order valence-electron chi connectivity index (χ0n) is 25.6. The Balaban J connectivity index is 2.11. The molecule has 0 aromatic heterocycles. The summed E-state index contributed by atoms with van der Waals surface area (Å²) in [6.07, 6.45) is 0. The molecule has 0 aliphatic rings. The number of rotatable bonds is 12. The maximum atomic E-state index is 14.2. The van der Waals surface area contributed by atoms with Crippen molar-refractivity contribution in [3.63, 3.8) is 0 Å². The Morgan fingerprint density at radius 3 is 2.05 bits per heavy atom. The van der Waals surface area contributed by atoms with Crippen molar-refractivity contribution in [1.82, 2.24) is 10.2 Å². The summed E-state index contributed by atoms with van der Waals surface area (Å²) in [6, 6.07) is 16.3. The second-order valence-corrected chi connectivity index (χ2v) is 12.6. The van der Waals surface area contributed by atoms with Crippen molar-refractivity contribution in [3.05, 3.63) is 82.9 Å². The lowest BCUT2D eigenvalue weighted by atomic mass is 10.1. The quantitative estimate of drug-likeness (QED) is 0.324. The third-order valence-corrected chi connectivity index (χ3v) is 8.52. The van der Waals surface area contributed by atoms with E-state index < -0.39 is 28.5 Å². The maximum absolute atomic E-state index is 14.2. The average Bonchev–Trinajstić information content (AvgIpc) is 2.92. The summed E-state index contributed by atoms with van der Waals surface area (Å²) < 4.78 is 40.2. The van der Waals surface area contributed by atoms with E-state index in [1.54, 1.807) is 19.1 Å². The highest BCUT2D eigenvalue weighted by Gasteiger charge is 2.33. The highest BCUT2D eigenvalue weighted by atomic mass is 32.2. The normalized spacial score (nSPS) is 12.0.